The second-order valence-electron chi connectivity index (χ2n) is 7.94. The molecule has 1 saturated carbocycles. The van der Waals surface area contributed by atoms with Gasteiger partial charge >= 0.3 is 0 Å². The van der Waals surface area contributed by atoms with Crippen molar-refractivity contribution >= 4 is 27.7 Å². The summed E-state index contributed by atoms with van der Waals surface area (Å²) in [5, 5.41) is 3.78. The molecule has 7 heteroatoms. The lowest BCUT2D eigenvalue weighted by atomic mass is 9.99. The fraction of sp³-hybridized carbons (Fsp3) is 0.667. The van der Waals surface area contributed by atoms with E-state index in [4.69, 9.17) is 0 Å². The Labute approximate surface area is 173 Å². The highest BCUT2D eigenvalue weighted by atomic mass is 32.2. The molecule has 0 radical (unpaired) electrons. The van der Waals surface area contributed by atoms with Crippen LogP contribution in [0.25, 0.3) is 0 Å². The molecule has 1 aromatic rings. The number of carbonyl (C=O) groups is 1. The third kappa shape index (κ3) is 5.74. The fourth-order valence-corrected chi connectivity index (χ4v) is 6.75. The summed E-state index contributed by atoms with van der Waals surface area (Å²) in [4.78, 5) is 12.9. The number of nitrogens with zero attached hydrogens (tertiary/aromatic N) is 1. The fourth-order valence-electron chi connectivity index (χ4n) is 4.01. The average molecular weight is 425 g/mol. The van der Waals surface area contributed by atoms with Gasteiger partial charge in [0.2, 0.25) is 15.9 Å². The number of aryl methyl sites for hydroxylation is 1. The van der Waals surface area contributed by atoms with Gasteiger partial charge in [-0.2, -0.15) is 16.1 Å². The third-order valence-corrected chi connectivity index (χ3v) is 8.98. The van der Waals surface area contributed by atoms with Crippen molar-refractivity contribution in [2.45, 2.75) is 62.0 Å². The van der Waals surface area contributed by atoms with Gasteiger partial charge in [-0.15, -0.1) is 0 Å². The average Bonchev–Trinajstić information content (AvgIpc) is 2.72. The van der Waals surface area contributed by atoms with E-state index in [-0.39, 0.29) is 18.4 Å². The number of rotatable bonds is 7. The first-order chi connectivity index (χ1) is 13.5. The Morgan fingerprint density at radius 1 is 1.11 bits per heavy atom. The molecule has 0 bridgehead atoms. The van der Waals surface area contributed by atoms with E-state index in [1.165, 1.54) is 36.4 Å². The second-order valence-corrected chi connectivity index (χ2v) is 11.3. The quantitative estimate of drug-likeness (QED) is 0.680. The van der Waals surface area contributed by atoms with Gasteiger partial charge in [0, 0.05) is 30.6 Å². The van der Waals surface area contributed by atoms with E-state index < -0.39 is 10.0 Å². The molecule has 0 unspecified atom stereocenters. The Hall–Kier alpha value is -1.05. The highest BCUT2D eigenvalue weighted by molar-refractivity contribution is 7.99. The molecule has 1 aromatic carbocycles. The number of piperidine rings is 1. The summed E-state index contributed by atoms with van der Waals surface area (Å²) < 4.78 is 27.3. The SMILES string of the molecule is Cc1ccc(S(=O)(=O)N2CCC[C@@H](C(=O)NCCSC3CCCCC3)C2)cc1. The van der Waals surface area contributed by atoms with E-state index in [9.17, 15) is 13.2 Å². The lowest BCUT2D eigenvalue weighted by Gasteiger charge is -2.31. The van der Waals surface area contributed by atoms with Crippen LogP contribution >= 0.6 is 11.8 Å². The zero-order valence-electron chi connectivity index (χ0n) is 16.7. The normalized spacial score (nSPS) is 22.1. The van der Waals surface area contributed by atoms with Gasteiger partial charge in [0.1, 0.15) is 0 Å². The molecule has 1 amide bonds. The molecule has 1 atom stereocenters. The van der Waals surface area contributed by atoms with Crippen LogP contribution in [0.3, 0.4) is 0 Å². The summed E-state index contributed by atoms with van der Waals surface area (Å²) in [6, 6.07) is 6.92. The van der Waals surface area contributed by atoms with Crippen molar-refractivity contribution in [3.63, 3.8) is 0 Å². The van der Waals surface area contributed by atoms with Crippen LogP contribution in [0.4, 0.5) is 0 Å². The van der Waals surface area contributed by atoms with E-state index in [0.29, 0.717) is 18.0 Å². The first kappa shape index (κ1) is 21.7. The molecule has 5 nitrogen and oxygen atoms in total. The maximum atomic E-state index is 12.9. The van der Waals surface area contributed by atoms with Crippen LogP contribution in [0.5, 0.6) is 0 Å². The van der Waals surface area contributed by atoms with Crippen LogP contribution in [0, 0.1) is 12.8 Å². The summed E-state index contributed by atoms with van der Waals surface area (Å²) in [7, 11) is -3.54. The van der Waals surface area contributed by atoms with Crippen LogP contribution in [-0.2, 0) is 14.8 Å². The Morgan fingerprint density at radius 3 is 2.54 bits per heavy atom. The van der Waals surface area contributed by atoms with Crippen molar-refractivity contribution in [1.29, 1.82) is 0 Å². The predicted molar refractivity (Wildman–Crippen MR) is 115 cm³/mol. The standard InChI is InChI=1S/C21H32N2O3S2/c1-17-9-11-20(12-10-17)28(25,26)23-14-5-6-18(16-23)21(24)22-13-15-27-19-7-3-2-4-8-19/h9-12,18-19H,2-8,13-16H2,1H3,(H,22,24)/t18-/m1/s1. The number of hydrogen-bond donors (Lipinski definition) is 1. The molecule has 1 aliphatic carbocycles. The van der Waals surface area contributed by atoms with Gasteiger partial charge in [0.05, 0.1) is 10.8 Å². The first-order valence-corrected chi connectivity index (χ1v) is 12.9. The Bertz CT molecular complexity index is 743. The minimum Gasteiger partial charge on any atom is -0.355 e. The van der Waals surface area contributed by atoms with Crippen LogP contribution < -0.4 is 5.32 Å². The Balaban J connectivity index is 1.48. The van der Waals surface area contributed by atoms with Gasteiger partial charge in [-0.1, -0.05) is 37.0 Å². The van der Waals surface area contributed by atoms with Gasteiger partial charge < -0.3 is 5.32 Å². The summed E-state index contributed by atoms with van der Waals surface area (Å²) in [6.07, 6.45) is 8.09. The Morgan fingerprint density at radius 2 is 1.82 bits per heavy atom. The molecule has 28 heavy (non-hydrogen) atoms. The zero-order chi connectivity index (χ0) is 20.0. The van der Waals surface area contributed by atoms with Crippen molar-refractivity contribution < 1.29 is 13.2 Å². The molecule has 1 aliphatic heterocycles. The van der Waals surface area contributed by atoms with Gasteiger partial charge in [0.15, 0.2) is 0 Å². The van der Waals surface area contributed by atoms with Gasteiger partial charge in [0.25, 0.3) is 0 Å². The number of thioether (sulfide) groups is 1. The molecule has 2 aliphatic rings. The van der Waals surface area contributed by atoms with Crippen LogP contribution in [0.2, 0.25) is 0 Å². The number of nitrogens with one attached hydrogen (secondary N) is 1. The second kappa shape index (κ2) is 10.1. The first-order valence-electron chi connectivity index (χ1n) is 10.4. The lowest BCUT2D eigenvalue weighted by Crippen LogP contribution is -2.45. The van der Waals surface area contributed by atoms with Gasteiger partial charge in [-0.3, -0.25) is 4.79 Å². The molecule has 1 heterocycles. The summed E-state index contributed by atoms with van der Waals surface area (Å²) in [5.41, 5.74) is 1.03. The summed E-state index contributed by atoms with van der Waals surface area (Å²) >= 11 is 1.97. The highest BCUT2D eigenvalue weighted by Gasteiger charge is 2.33. The predicted octanol–water partition coefficient (Wildman–Crippen LogP) is 3.58. The van der Waals surface area contributed by atoms with Crippen LogP contribution in [0.15, 0.2) is 29.2 Å². The molecule has 0 spiro atoms. The third-order valence-electron chi connectivity index (χ3n) is 5.72. The number of hydrogen-bond acceptors (Lipinski definition) is 4. The zero-order valence-corrected chi connectivity index (χ0v) is 18.4. The monoisotopic (exact) mass is 424 g/mol. The van der Waals surface area contributed by atoms with Gasteiger partial charge in [-0.05, 0) is 44.7 Å². The molecular formula is C21H32N2O3S2. The summed E-state index contributed by atoms with van der Waals surface area (Å²) in [5.74, 6) is 0.677. The van der Waals surface area contributed by atoms with E-state index in [0.717, 1.165) is 29.4 Å². The highest BCUT2D eigenvalue weighted by Crippen LogP contribution is 2.28. The molecule has 1 N–H and O–H groups in total. The molecule has 1 saturated heterocycles. The molecule has 0 aromatic heterocycles. The van der Waals surface area contributed by atoms with Crippen molar-refractivity contribution in [2.75, 3.05) is 25.4 Å². The molecule has 2 fully saturated rings. The molecule has 156 valence electrons. The number of amides is 1. The largest absolute Gasteiger partial charge is 0.355 e. The maximum Gasteiger partial charge on any atom is 0.243 e. The van der Waals surface area contributed by atoms with E-state index in [1.54, 1.807) is 12.1 Å². The minimum absolute atomic E-state index is 0.00643. The van der Waals surface area contributed by atoms with Crippen molar-refractivity contribution in [3.8, 4) is 0 Å². The van der Waals surface area contributed by atoms with Crippen molar-refractivity contribution in [3.05, 3.63) is 29.8 Å². The topological polar surface area (TPSA) is 66.5 Å². The van der Waals surface area contributed by atoms with Crippen LogP contribution in [-0.4, -0.2) is 49.3 Å². The smallest absolute Gasteiger partial charge is 0.243 e. The van der Waals surface area contributed by atoms with Crippen molar-refractivity contribution in [2.24, 2.45) is 5.92 Å². The molecule has 3 rings (SSSR count). The van der Waals surface area contributed by atoms with E-state index in [1.807, 2.05) is 30.8 Å². The van der Waals surface area contributed by atoms with E-state index >= 15 is 0 Å². The number of carbonyl (C=O) groups excluding carboxylic acids is 1. The van der Waals surface area contributed by atoms with Gasteiger partial charge in [-0.25, -0.2) is 8.42 Å². The lowest BCUT2D eigenvalue weighted by molar-refractivity contribution is -0.125. The maximum absolute atomic E-state index is 12.9. The number of benzene rings is 1. The Kier molecular flexibility index (Phi) is 7.83. The summed E-state index contributed by atoms with van der Waals surface area (Å²) in [6.45, 7) is 3.36. The van der Waals surface area contributed by atoms with Crippen LogP contribution in [0.1, 0.15) is 50.5 Å². The minimum atomic E-state index is -3.54. The van der Waals surface area contributed by atoms with Crippen molar-refractivity contribution in [1.82, 2.24) is 9.62 Å². The van der Waals surface area contributed by atoms with E-state index in [2.05, 4.69) is 5.32 Å². The number of sulfonamides is 1. The molecular weight excluding hydrogens is 392 g/mol.